The first-order valence-corrected chi connectivity index (χ1v) is 4.55. The van der Waals surface area contributed by atoms with E-state index in [1.807, 2.05) is 0 Å². The van der Waals surface area contributed by atoms with Gasteiger partial charge in [0, 0.05) is 11.4 Å². The van der Waals surface area contributed by atoms with E-state index in [1.54, 1.807) is 19.1 Å². The summed E-state index contributed by atoms with van der Waals surface area (Å²) in [6, 6.07) is 5.85. The Morgan fingerprint density at radius 3 is 2.20 bits per heavy atom. The summed E-state index contributed by atoms with van der Waals surface area (Å²) in [5, 5.41) is 2.80. The Morgan fingerprint density at radius 2 is 1.73 bits per heavy atom. The van der Waals surface area contributed by atoms with E-state index in [1.165, 1.54) is 19.1 Å². The molecule has 1 N–H and O–H groups in total. The minimum atomic E-state index is -0.305. The third kappa shape index (κ3) is 3.20. The minimum absolute atomic E-state index is 0.293. The molecule has 80 valence electrons. The van der Waals surface area contributed by atoms with E-state index in [0.29, 0.717) is 11.4 Å². The van der Waals surface area contributed by atoms with Crippen molar-refractivity contribution in [2.75, 3.05) is 0 Å². The van der Waals surface area contributed by atoms with Gasteiger partial charge in [0.15, 0.2) is 0 Å². The Kier molecular flexibility index (Phi) is 3.61. The predicted molar refractivity (Wildman–Crippen MR) is 58.1 cm³/mol. The fourth-order valence-corrected chi connectivity index (χ4v) is 1.04. The number of hydrogen-bond donors (Lipinski definition) is 1. The van der Waals surface area contributed by atoms with Crippen LogP contribution in [0.2, 0.25) is 0 Å². The van der Waals surface area contributed by atoms with Crippen LogP contribution in [0, 0.1) is 5.82 Å². The number of benzene rings is 1. The lowest BCUT2D eigenvalue weighted by molar-refractivity contribution is 0.618. The van der Waals surface area contributed by atoms with Crippen molar-refractivity contribution in [3.05, 3.63) is 53.7 Å². The van der Waals surface area contributed by atoms with Crippen LogP contribution < -0.4 is 5.32 Å². The first-order chi connectivity index (χ1) is 7.00. The van der Waals surface area contributed by atoms with Gasteiger partial charge in [-0.3, -0.25) is 0 Å². The average Bonchev–Trinajstić information content (AvgIpc) is 2.18. The molecule has 3 heteroatoms. The third-order valence-corrected chi connectivity index (χ3v) is 2.05. The maximum Gasteiger partial charge on any atom is 0.123 e. The molecule has 0 radical (unpaired) electrons. The summed E-state index contributed by atoms with van der Waals surface area (Å²) >= 11 is 0. The van der Waals surface area contributed by atoms with E-state index in [2.05, 4.69) is 11.9 Å². The molecule has 0 aliphatic rings. The van der Waals surface area contributed by atoms with Gasteiger partial charge in [0.2, 0.25) is 0 Å². The molecule has 0 fully saturated rings. The Bertz CT molecular complexity index is 387. The molecule has 0 aromatic heterocycles. The largest absolute Gasteiger partial charge is 0.357 e. The van der Waals surface area contributed by atoms with Gasteiger partial charge >= 0.3 is 0 Å². The topological polar surface area (TPSA) is 12.0 Å². The summed E-state index contributed by atoms with van der Waals surface area (Å²) in [6.45, 7) is 6.72. The van der Waals surface area contributed by atoms with Crippen LogP contribution in [0.15, 0.2) is 42.4 Å². The van der Waals surface area contributed by atoms with Gasteiger partial charge in [0.25, 0.3) is 0 Å². The lowest BCUT2D eigenvalue weighted by atomic mass is 10.1. The first kappa shape index (κ1) is 11.4. The van der Waals surface area contributed by atoms with Crippen LogP contribution in [0.3, 0.4) is 0 Å². The zero-order valence-corrected chi connectivity index (χ0v) is 8.77. The molecule has 0 saturated carbocycles. The van der Waals surface area contributed by atoms with Crippen molar-refractivity contribution in [3.63, 3.8) is 0 Å². The molecule has 0 bridgehead atoms. The number of allylic oxidation sites excluding steroid dienone is 2. The van der Waals surface area contributed by atoms with Crippen LogP contribution in [-0.2, 0) is 0 Å². The lowest BCUT2D eigenvalue weighted by Crippen LogP contribution is -2.09. The van der Waals surface area contributed by atoms with E-state index in [4.69, 9.17) is 0 Å². The fourth-order valence-electron chi connectivity index (χ4n) is 1.04. The Hall–Kier alpha value is -1.64. The molecule has 0 saturated heterocycles. The summed E-state index contributed by atoms with van der Waals surface area (Å²) in [5.74, 6) is -0.598. The van der Waals surface area contributed by atoms with E-state index in [-0.39, 0.29) is 11.6 Å². The van der Waals surface area contributed by atoms with Gasteiger partial charge in [-0.25, -0.2) is 8.78 Å². The van der Waals surface area contributed by atoms with Crippen molar-refractivity contribution in [2.45, 2.75) is 13.8 Å². The normalized spacial score (nSPS) is 12.0. The van der Waals surface area contributed by atoms with Crippen molar-refractivity contribution >= 4 is 5.70 Å². The molecular formula is C12H13F2N. The molecule has 1 rings (SSSR count). The molecule has 0 spiro atoms. The highest BCUT2D eigenvalue weighted by Gasteiger charge is 2.01. The third-order valence-electron chi connectivity index (χ3n) is 2.05. The van der Waals surface area contributed by atoms with Gasteiger partial charge in [0.05, 0.1) is 0 Å². The molecule has 1 nitrogen and oxygen atoms in total. The van der Waals surface area contributed by atoms with Gasteiger partial charge in [-0.1, -0.05) is 18.7 Å². The van der Waals surface area contributed by atoms with E-state index >= 15 is 0 Å². The molecule has 0 unspecified atom stereocenters. The SMILES string of the molecule is C=C(N/C(C)=C(/C)F)c1ccc(F)cc1. The highest BCUT2D eigenvalue weighted by Crippen LogP contribution is 2.13. The summed E-state index contributed by atoms with van der Waals surface area (Å²) in [6.07, 6.45) is 0. The second kappa shape index (κ2) is 4.73. The zero-order chi connectivity index (χ0) is 11.4. The summed E-state index contributed by atoms with van der Waals surface area (Å²) in [5.41, 5.74) is 1.69. The second-order valence-electron chi connectivity index (χ2n) is 3.27. The maximum absolute atomic E-state index is 12.8. The van der Waals surface area contributed by atoms with Crippen molar-refractivity contribution in [1.82, 2.24) is 5.32 Å². The van der Waals surface area contributed by atoms with Crippen molar-refractivity contribution in [1.29, 1.82) is 0 Å². The first-order valence-electron chi connectivity index (χ1n) is 4.55. The predicted octanol–water partition coefficient (Wildman–Crippen LogP) is 3.61. The van der Waals surface area contributed by atoms with E-state index in [9.17, 15) is 8.78 Å². The van der Waals surface area contributed by atoms with Crippen molar-refractivity contribution < 1.29 is 8.78 Å². The molecular weight excluding hydrogens is 196 g/mol. The molecule has 1 aromatic carbocycles. The van der Waals surface area contributed by atoms with Crippen LogP contribution in [0.1, 0.15) is 19.4 Å². The highest BCUT2D eigenvalue weighted by atomic mass is 19.1. The van der Waals surface area contributed by atoms with Crippen LogP contribution >= 0.6 is 0 Å². The van der Waals surface area contributed by atoms with Gasteiger partial charge in [-0.15, -0.1) is 0 Å². The molecule has 0 atom stereocenters. The van der Waals surface area contributed by atoms with Gasteiger partial charge in [-0.2, -0.15) is 0 Å². The maximum atomic E-state index is 12.8. The lowest BCUT2D eigenvalue weighted by Gasteiger charge is -2.10. The standard InChI is InChI=1S/C12H13F2N/c1-8(13)9(2)15-10(3)11-4-6-12(14)7-5-11/h4-7,15H,3H2,1-2H3/b9-8-. The van der Waals surface area contributed by atoms with Crippen LogP contribution in [-0.4, -0.2) is 0 Å². The van der Waals surface area contributed by atoms with Gasteiger partial charge < -0.3 is 5.32 Å². The summed E-state index contributed by atoms with van der Waals surface area (Å²) in [7, 11) is 0. The Labute approximate surface area is 88.1 Å². The van der Waals surface area contributed by atoms with Crippen molar-refractivity contribution in [3.8, 4) is 0 Å². The fraction of sp³-hybridized carbons (Fsp3) is 0.167. The molecule has 0 aliphatic heterocycles. The summed E-state index contributed by atoms with van der Waals surface area (Å²) in [4.78, 5) is 0. The summed E-state index contributed by atoms with van der Waals surface area (Å²) < 4.78 is 25.4. The molecule has 0 amide bonds. The van der Waals surface area contributed by atoms with Gasteiger partial charge in [-0.05, 0) is 31.5 Å². The molecule has 0 heterocycles. The number of nitrogens with one attached hydrogen (secondary N) is 1. The van der Waals surface area contributed by atoms with E-state index < -0.39 is 0 Å². The molecule has 15 heavy (non-hydrogen) atoms. The average molecular weight is 209 g/mol. The number of halogens is 2. The minimum Gasteiger partial charge on any atom is -0.357 e. The van der Waals surface area contributed by atoms with Gasteiger partial charge in [0.1, 0.15) is 11.6 Å². The highest BCUT2D eigenvalue weighted by molar-refractivity contribution is 5.62. The van der Waals surface area contributed by atoms with Crippen LogP contribution in [0.5, 0.6) is 0 Å². The monoisotopic (exact) mass is 209 g/mol. The number of rotatable bonds is 3. The molecule has 1 aromatic rings. The Morgan fingerprint density at radius 1 is 1.20 bits per heavy atom. The van der Waals surface area contributed by atoms with Crippen LogP contribution in [0.4, 0.5) is 8.78 Å². The zero-order valence-electron chi connectivity index (χ0n) is 8.77. The smallest absolute Gasteiger partial charge is 0.123 e. The second-order valence-corrected chi connectivity index (χ2v) is 3.27. The van der Waals surface area contributed by atoms with Crippen LogP contribution in [0.25, 0.3) is 5.70 Å². The quantitative estimate of drug-likeness (QED) is 0.801. The molecule has 0 aliphatic carbocycles. The Balaban J connectivity index is 2.78. The van der Waals surface area contributed by atoms with Crippen molar-refractivity contribution in [2.24, 2.45) is 0 Å². The van der Waals surface area contributed by atoms with E-state index in [0.717, 1.165) is 5.56 Å². The number of hydrogen-bond acceptors (Lipinski definition) is 1.